The number of H-pyrrole nitrogens is 1. The van der Waals surface area contributed by atoms with E-state index in [1.165, 1.54) is 34.3 Å². The molecule has 0 spiro atoms. The first-order valence-corrected chi connectivity index (χ1v) is 7.21. The van der Waals surface area contributed by atoms with E-state index in [1.54, 1.807) is 6.07 Å². The fourth-order valence-electron chi connectivity index (χ4n) is 2.43. The number of nitrogens with zero attached hydrogens (tertiary/aromatic N) is 2. The Balaban J connectivity index is 2.10. The monoisotopic (exact) mass is 299 g/mol. The van der Waals surface area contributed by atoms with Crippen LogP contribution in [0.25, 0.3) is 26.8 Å². The average molecular weight is 299 g/mol. The van der Waals surface area contributed by atoms with Crippen LogP contribution in [0.2, 0.25) is 0 Å². The Morgan fingerprint density at radius 3 is 2.86 bits per heavy atom. The molecule has 21 heavy (non-hydrogen) atoms. The number of aromatic amines is 1. The third kappa shape index (κ3) is 1.80. The lowest BCUT2D eigenvalue weighted by atomic mass is 10.2. The molecule has 4 nitrogen and oxygen atoms in total. The molecule has 4 aromatic rings. The van der Waals surface area contributed by atoms with Gasteiger partial charge in [-0.25, -0.2) is 9.07 Å². The molecule has 0 aliphatic rings. The van der Waals surface area contributed by atoms with Crippen LogP contribution in [0.4, 0.5) is 4.39 Å². The molecule has 0 bridgehead atoms. The molecular formula is C15H10FN3OS. The summed E-state index contributed by atoms with van der Waals surface area (Å²) < 4.78 is 14.8. The Morgan fingerprint density at radius 1 is 1.24 bits per heavy atom. The number of hydrogen-bond acceptors (Lipinski definition) is 3. The first-order valence-electron chi connectivity index (χ1n) is 6.39. The van der Waals surface area contributed by atoms with Crippen molar-refractivity contribution >= 4 is 33.1 Å². The molecular weight excluding hydrogens is 289 g/mol. The van der Waals surface area contributed by atoms with E-state index >= 15 is 0 Å². The van der Waals surface area contributed by atoms with Crippen molar-refractivity contribution in [3.05, 3.63) is 57.6 Å². The molecule has 3 aromatic heterocycles. The van der Waals surface area contributed by atoms with Crippen LogP contribution in [-0.2, 0) is 0 Å². The molecule has 104 valence electrons. The summed E-state index contributed by atoms with van der Waals surface area (Å²) in [6.07, 6.45) is 1.49. The van der Waals surface area contributed by atoms with Crippen molar-refractivity contribution in [2.75, 3.05) is 0 Å². The number of thiophene rings is 1. The summed E-state index contributed by atoms with van der Waals surface area (Å²) in [5, 5.41) is 5.17. The van der Waals surface area contributed by atoms with E-state index in [2.05, 4.69) is 10.1 Å². The normalized spacial score (nSPS) is 11.5. The summed E-state index contributed by atoms with van der Waals surface area (Å²) in [6, 6.07) is 8.23. The second-order valence-corrected chi connectivity index (χ2v) is 6.11. The van der Waals surface area contributed by atoms with Crippen LogP contribution >= 0.6 is 11.3 Å². The van der Waals surface area contributed by atoms with Gasteiger partial charge < -0.3 is 0 Å². The van der Waals surface area contributed by atoms with E-state index in [0.29, 0.717) is 16.4 Å². The predicted molar refractivity (Wildman–Crippen MR) is 81.8 cm³/mol. The van der Waals surface area contributed by atoms with E-state index < -0.39 is 0 Å². The number of aromatic nitrogens is 3. The lowest BCUT2D eigenvalue weighted by Crippen LogP contribution is -2.12. The van der Waals surface area contributed by atoms with Gasteiger partial charge in [0.05, 0.1) is 16.4 Å². The zero-order valence-corrected chi connectivity index (χ0v) is 11.9. The second kappa shape index (κ2) is 4.26. The van der Waals surface area contributed by atoms with Crippen LogP contribution in [0.15, 0.2) is 41.3 Å². The van der Waals surface area contributed by atoms with Gasteiger partial charge in [-0.2, -0.15) is 0 Å². The number of benzene rings is 1. The first kappa shape index (κ1) is 12.3. The third-order valence-corrected chi connectivity index (χ3v) is 4.42. The fraction of sp³-hybridized carbons (Fsp3) is 0.0667. The highest BCUT2D eigenvalue weighted by atomic mass is 32.1. The number of nitrogens with one attached hydrogen (secondary N) is 1. The Kier molecular flexibility index (Phi) is 2.49. The highest BCUT2D eigenvalue weighted by Gasteiger charge is 2.13. The maximum atomic E-state index is 13.3. The Labute approximate surface area is 122 Å². The van der Waals surface area contributed by atoms with Crippen molar-refractivity contribution in [2.24, 2.45) is 0 Å². The molecule has 0 atom stereocenters. The highest BCUT2D eigenvalue weighted by molar-refractivity contribution is 7.14. The molecule has 0 fully saturated rings. The van der Waals surface area contributed by atoms with Gasteiger partial charge in [-0.05, 0) is 31.2 Å². The van der Waals surface area contributed by atoms with Crippen LogP contribution in [0, 0.1) is 12.7 Å². The van der Waals surface area contributed by atoms with E-state index in [-0.39, 0.29) is 11.4 Å². The topological polar surface area (TPSA) is 50.7 Å². The van der Waals surface area contributed by atoms with Crippen molar-refractivity contribution in [1.29, 1.82) is 0 Å². The van der Waals surface area contributed by atoms with Crippen molar-refractivity contribution in [3.63, 3.8) is 0 Å². The van der Waals surface area contributed by atoms with Gasteiger partial charge in [0.2, 0.25) is 0 Å². The third-order valence-electron chi connectivity index (χ3n) is 3.43. The van der Waals surface area contributed by atoms with Crippen molar-refractivity contribution < 1.29 is 4.39 Å². The zero-order valence-electron chi connectivity index (χ0n) is 11.1. The number of halogens is 1. The summed E-state index contributed by atoms with van der Waals surface area (Å²) in [4.78, 5) is 17.8. The lowest BCUT2D eigenvalue weighted by Gasteiger charge is -1.98. The Morgan fingerprint density at radius 2 is 2.10 bits per heavy atom. The van der Waals surface area contributed by atoms with Gasteiger partial charge in [0, 0.05) is 22.5 Å². The summed E-state index contributed by atoms with van der Waals surface area (Å²) in [5.74, 6) is -0.343. The van der Waals surface area contributed by atoms with Crippen LogP contribution in [0.3, 0.4) is 0 Å². The number of pyridine rings is 1. The average Bonchev–Trinajstić information content (AvgIpc) is 3.02. The van der Waals surface area contributed by atoms with Crippen LogP contribution in [-0.4, -0.2) is 14.8 Å². The number of aryl methyl sites for hydroxylation is 1. The smallest absolute Gasteiger partial charge is 0.281 e. The maximum Gasteiger partial charge on any atom is 0.281 e. The molecule has 0 saturated carbocycles. The molecule has 1 N–H and O–H groups in total. The summed E-state index contributed by atoms with van der Waals surface area (Å²) in [6.45, 7) is 1.99. The van der Waals surface area contributed by atoms with Crippen molar-refractivity contribution in [1.82, 2.24) is 14.8 Å². The van der Waals surface area contributed by atoms with Crippen molar-refractivity contribution in [3.8, 4) is 5.00 Å². The zero-order chi connectivity index (χ0) is 14.6. The molecule has 0 aliphatic carbocycles. The molecule has 0 saturated heterocycles. The summed E-state index contributed by atoms with van der Waals surface area (Å²) in [5.41, 5.74) is 1.06. The molecule has 0 radical (unpaired) electrons. The minimum Gasteiger partial charge on any atom is -0.289 e. The van der Waals surface area contributed by atoms with Gasteiger partial charge >= 0.3 is 0 Å². The Hall–Kier alpha value is -2.47. The Bertz CT molecular complexity index is 1040. The highest BCUT2D eigenvalue weighted by Crippen LogP contribution is 2.23. The van der Waals surface area contributed by atoms with E-state index in [1.807, 2.05) is 19.1 Å². The first-order chi connectivity index (χ1) is 10.1. The van der Waals surface area contributed by atoms with E-state index in [9.17, 15) is 9.18 Å². The molecule has 6 heteroatoms. The number of rotatable bonds is 1. The van der Waals surface area contributed by atoms with Gasteiger partial charge in [-0.15, -0.1) is 11.3 Å². The summed E-state index contributed by atoms with van der Waals surface area (Å²) in [7, 11) is 0. The van der Waals surface area contributed by atoms with Gasteiger partial charge in [-0.1, -0.05) is 0 Å². The fourth-order valence-corrected chi connectivity index (χ4v) is 3.25. The van der Waals surface area contributed by atoms with Gasteiger partial charge in [0.15, 0.2) is 0 Å². The summed E-state index contributed by atoms with van der Waals surface area (Å²) >= 11 is 1.53. The van der Waals surface area contributed by atoms with Gasteiger partial charge in [0.25, 0.3) is 5.56 Å². The standard InChI is InChI=1S/C15H10FN3OS/c1-8-2-5-13(21-8)19-15(20)11-7-17-12-6-9(16)3-4-10(12)14(11)18-19/h2-7,18H,1H3. The molecule has 4 rings (SSSR count). The predicted octanol–water partition coefficient (Wildman–Crippen LogP) is 3.38. The van der Waals surface area contributed by atoms with E-state index in [4.69, 9.17) is 0 Å². The number of fused-ring (bicyclic) bond motifs is 3. The van der Waals surface area contributed by atoms with Crippen molar-refractivity contribution in [2.45, 2.75) is 6.92 Å². The largest absolute Gasteiger partial charge is 0.289 e. The molecule has 0 amide bonds. The SMILES string of the molecule is Cc1ccc(-n2[nH]c3c(cnc4cc(F)ccc43)c2=O)s1. The molecule has 0 unspecified atom stereocenters. The molecule has 3 heterocycles. The maximum absolute atomic E-state index is 13.3. The molecule has 1 aromatic carbocycles. The molecule has 0 aliphatic heterocycles. The van der Waals surface area contributed by atoms with Crippen LogP contribution in [0.1, 0.15) is 4.88 Å². The minimum atomic E-state index is -0.343. The van der Waals surface area contributed by atoms with Gasteiger partial charge in [0.1, 0.15) is 10.8 Å². The second-order valence-electron chi connectivity index (χ2n) is 4.84. The lowest BCUT2D eigenvalue weighted by molar-refractivity contribution is 0.629. The quantitative estimate of drug-likeness (QED) is 0.586. The number of hydrogen-bond donors (Lipinski definition) is 1. The van der Waals surface area contributed by atoms with Crippen LogP contribution in [0.5, 0.6) is 0 Å². The van der Waals surface area contributed by atoms with Gasteiger partial charge in [-0.3, -0.25) is 14.9 Å². The van der Waals surface area contributed by atoms with E-state index in [0.717, 1.165) is 15.3 Å². The van der Waals surface area contributed by atoms with Crippen LogP contribution < -0.4 is 5.56 Å². The minimum absolute atomic E-state index is 0.148.